The van der Waals surface area contributed by atoms with Gasteiger partial charge in [0.25, 0.3) is 11.8 Å². The summed E-state index contributed by atoms with van der Waals surface area (Å²) in [5.41, 5.74) is 7.02. The van der Waals surface area contributed by atoms with E-state index in [0.717, 1.165) is 18.8 Å². The van der Waals surface area contributed by atoms with Crippen molar-refractivity contribution < 1.29 is 18.7 Å². The second-order valence-electron chi connectivity index (χ2n) is 6.86. The van der Waals surface area contributed by atoms with Gasteiger partial charge in [0.1, 0.15) is 0 Å². The molecule has 0 spiro atoms. The largest absolute Gasteiger partial charge is 0.494 e. The lowest BCUT2D eigenvalue weighted by molar-refractivity contribution is -0.122. The Balaban J connectivity index is 1.82. The minimum Gasteiger partial charge on any atom is -0.494 e. The molecule has 0 heterocycles. The van der Waals surface area contributed by atoms with Gasteiger partial charge in [0.2, 0.25) is 0 Å². The van der Waals surface area contributed by atoms with Crippen molar-refractivity contribution >= 4 is 17.5 Å². The number of hydrogen-bond acceptors (Lipinski definition) is 5. The quantitative estimate of drug-likeness (QED) is 0.615. The molecule has 0 saturated carbocycles. The van der Waals surface area contributed by atoms with Gasteiger partial charge in [-0.2, -0.15) is 0 Å². The average molecular weight is 416 g/mol. The van der Waals surface area contributed by atoms with Crippen molar-refractivity contribution in [3.8, 4) is 5.75 Å². The molecule has 2 aromatic carbocycles. The molecule has 7 nitrogen and oxygen atoms in total. The summed E-state index contributed by atoms with van der Waals surface area (Å²) in [6.07, 6.45) is 0. The molecule has 0 radical (unpaired) electrons. The van der Waals surface area contributed by atoms with E-state index in [2.05, 4.69) is 29.6 Å². The van der Waals surface area contributed by atoms with Gasteiger partial charge in [-0.3, -0.25) is 25.3 Å². The summed E-state index contributed by atoms with van der Waals surface area (Å²) in [6.45, 7) is 6.32. The molecule has 2 amide bonds. The number of amides is 2. The summed E-state index contributed by atoms with van der Waals surface area (Å²) < 4.78 is 18.7. The zero-order valence-corrected chi connectivity index (χ0v) is 17.9. The number of anilines is 1. The maximum Gasteiger partial charge on any atom is 0.269 e. The molecule has 0 saturated heterocycles. The van der Waals surface area contributed by atoms with Crippen LogP contribution in [-0.2, 0) is 11.3 Å². The highest BCUT2D eigenvalue weighted by Gasteiger charge is 2.12. The Bertz CT molecular complexity index is 854. The van der Waals surface area contributed by atoms with E-state index in [1.54, 1.807) is 36.2 Å². The fraction of sp³-hybridized carbons (Fsp3) is 0.364. The first-order valence-electron chi connectivity index (χ1n) is 9.83. The number of ether oxygens (including phenoxy) is 1. The van der Waals surface area contributed by atoms with E-state index in [4.69, 9.17) is 4.74 Å². The molecule has 0 aliphatic rings. The van der Waals surface area contributed by atoms with Crippen LogP contribution in [0.15, 0.2) is 42.5 Å². The van der Waals surface area contributed by atoms with Crippen LogP contribution in [0.3, 0.4) is 0 Å². The molecule has 2 aromatic rings. The normalized spacial score (nSPS) is 10.6. The first-order chi connectivity index (χ1) is 14.4. The summed E-state index contributed by atoms with van der Waals surface area (Å²) in [7, 11) is 3.14. The summed E-state index contributed by atoms with van der Waals surface area (Å²) in [4.78, 5) is 28.2. The van der Waals surface area contributed by atoms with Crippen LogP contribution in [0, 0.1) is 5.82 Å². The Morgan fingerprint density at radius 2 is 1.70 bits per heavy atom. The average Bonchev–Trinajstić information content (AvgIpc) is 2.73. The third-order valence-corrected chi connectivity index (χ3v) is 4.66. The number of benzene rings is 2. The van der Waals surface area contributed by atoms with Gasteiger partial charge in [0, 0.05) is 30.9 Å². The fourth-order valence-corrected chi connectivity index (χ4v) is 3.07. The molecule has 162 valence electrons. The van der Waals surface area contributed by atoms with Crippen LogP contribution in [0.4, 0.5) is 10.1 Å². The highest BCUT2D eigenvalue weighted by molar-refractivity contribution is 5.95. The summed E-state index contributed by atoms with van der Waals surface area (Å²) >= 11 is 0. The molecule has 0 fully saturated rings. The summed E-state index contributed by atoms with van der Waals surface area (Å²) in [5, 5.41) is 0. The lowest BCUT2D eigenvalue weighted by Crippen LogP contribution is -2.45. The van der Waals surface area contributed by atoms with Crippen molar-refractivity contribution in [3.05, 3.63) is 59.4 Å². The van der Waals surface area contributed by atoms with Crippen molar-refractivity contribution in [1.29, 1.82) is 0 Å². The molecule has 0 aliphatic heterocycles. The molecule has 30 heavy (non-hydrogen) atoms. The number of halogens is 1. The molecule has 0 unspecified atom stereocenters. The minimum atomic E-state index is -0.452. The number of rotatable bonds is 9. The van der Waals surface area contributed by atoms with Crippen LogP contribution < -0.4 is 20.5 Å². The van der Waals surface area contributed by atoms with Gasteiger partial charge in [-0.25, -0.2) is 4.39 Å². The van der Waals surface area contributed by atoms with Crippen molar-refractivity contribution in [2.24, 2.45) is 0 Å². The second kappa shape index (κ2) is 11.2. The number of likely N-dealkylation sites (N-methyl/N-ethyl adjacent to an activating group) is 1. The topological polar surface area (TPSA) is 73.9 Å². The Morgan fingerprint density at radius 3 is 2.27 bits per heavy atom. The van der Waals surface area contributed by atoms with Crippen molar-refractivity contribution in [3.63, 3.8) is 0 Å². The molecule has 0 aliphatic carbocycles. The van der Waals surface area contributed by atoms with Crippen LogP contribution in [0.5, 0.6) is 5.75 Å². The summed E-state index contributed by atoms with van der Waals surface area (Å²) in [5.74, 6) is -1.05. The van der Waals surface area contributed by atoms with E-state index in [0.29, 0.717) is 17.7 Å². The summed E-state index contributed by atoms with van der Waals surface area (Å²) in [6, 6.07) is 11.9. The number of methoxy groups -OCH3 is 1. The zero-order chi connectivity index (χ0) is 22.1. The van der Waals surface area contributed by atoms with Crippen molar-refractivity contribution in [2.45, 2.75) is 20.4 Å². The molecule has 2 N–H and O–H groups in total. The van der Waals surface area contributed by atoms with Crippen LogP contribution >= 0.6 is 0 Å². The van der Waals surface area contributed by atoms with Crippen LogP contribution in [0.2, 0.25) is 0 Å². The highest BCUT2D eigenvalue weighted by Crippen LogP contribution is 2.18. The predicted octanol–water partition coefficient (Wildman–Crippen LogP) is 2.57. The standard InChI is InChI=1S/C22H29FN4O3/c1-5-27(6-2)18-10-8-17(9-11-18)22(29)25-24-21(28)15-26(3)14-16-7-12-20(30-4)19(23)13-16/h7-13H,5-6,14-15H2,1-4H3,(H,24,28)(H,25,29). The maximum absolute atomic E-state index is 13.8. The number of nitrogens with one attached hydrogen (secondary N) is 2. The molecule has 0 atom stereocenters. The van der Waals surface area contributed by atoms with Gasteiger partial charge in [-0.1, -0.05) is 6.07 Å². The zero-order valence-electron chi connectivity index (χ0n) is 17.9. The van der Waals surface area contributed by atoms with E-state index in [1.807, 2.05) is 12.1 Å². The smallest absolute Gasteiger partial charge is 0.269 e. The molecular weight excluding hydrogens is 387 g/mol. The Kier molecular flexibility index (Phi) is 8.61. The van der Waals surface area contributed by atoms with Crippen molar-refractivity contribution in [2.75, 3.05) is 38.7 Å². The minimum absolute atomic E-state index is 0.0365. The third kappa shape index (κ3) is 6.45. The second-order valence-corrected chi connectivity index (χ2v) is 6.86. The Labute approximate surface area is 176 Å². The van der Waals surface area contributed by atoms with Gasteiger partial charge < -0.3 is 9.64 Å². The predicted molar refractivity (Wildman–Crippen MR) is 115 cm³/mol. The van der Waals surface area contributed by atoms with E-state index >= 15 is 0 Å². The van der Waals surface area contributed by atoms with E-state index in [-0.39, 0.29) is 18.2 Å². The molecule has 8 heteroatoms. The first-order valence-corrected chi connectivity index (χ1v) is 9.83. The van der Waals surface area contributed by atoms with Gasteiger partial charge in [-0.05, 0) is 62.9 Å². The molecular formula is C22H29FN4O3. The lowest BCUT2D eigenvalue weighted by Gasteiger charge is -2.21. The highest BCUT2D eigenvalue weighted by atomic mass is 19.1. The number of nitrogens with zero attached hydrogens (tertiary/aromatic N) is 2. The maximum atomic E-state index is 13.8. The SMILES string of the molecule is CCN(CC)c1ccc(C(=O)NNC(=O)CN(C)Cc2ccc(OC)c(F)c2)cc1. The molecule has 0 aromatic heterocycles. The Morgan fingerprint density at radius 1 is 1.03 bits per heavy atom. The lowest BCUT2D eigenvalue weighted by atomic mass is 10.2. The Hall–Kier alpha value is -3.13. The van der Waals surface area contributed by atoms with Gasteiger partial charge in [0.05, 0.1) is 13.7 Å². The van der Waals surface area contributed by atoms with Gasteiger partial charge >= 0.3 is 0 Å². The number of carbonyl (C=O) groups is 2. The number of hydrogen-bond donors (Lipinski definition) is 2. The van der Waals surface area contributed by atoms with Crippen LogP contribution in [-0.4, -0.2) is 50.5 Å². The number of hydrazine groups is 1. The van der Waals surface area contributed by atoms with E-state index in [9.17, 15) is 14.0 Å². The van der Waals surface area contributed by atoms with E-state index < -0.39 is 11.7 Å². The third-order valence-electron chi connectivity index (χ3n) is 4.66. The van der Waals surface area contributed by atoms with Crippen molar-refractivity contribution in [1.82, 2.24) is 15.8 Å². The monoisotopic (exact) mass is 416 g/mol. The molecule has 2 rings (SSSR count). The molecule has 0 bridgehead atoms. The first kappa shape index (κ1) is 23.2. The van der Waals surface area contributed by atoms with Gasteiger partial charge in [-0.15, -0.1) is 0 Å². The van der Waals surface area contributed by atoms with Gasteiger partial charge in [0.15, 0.2) is 11.6 Å². The number of carbonyl (C=O) groups excluding carboxylic acids is 2. The fourth-order valence-electron chi connectivity index (χ4n) is 3.07. The van der Waals surface area contributed by atoms with E-state index in [1.165, 1.54) is 13.2 Å². The van der Waals surface area contributed by atoms with Crippen LogP contribution in [0.1, 0.15) is 29.8 Å². The van der Waals surface area contributed by atoms with Crippen LogP contribution in [0.25, 0.3) is 0 Å².